The summed E-state index contributed by atoms with van der Waals surface area (Å²) in [5.41, 5.74) is 4.34. The molecule has 0 bridgehead atoms. The maximum Gasteiger partial charge on any atom is 0.348 e. The number of nitrogens with two attached hydrogens (primary N) is 1. The van der Waals surface area contributed by atoms with Gasteiger partial charge in [0, 0.05) is 25.9 Å². The number of ether oxygens (including phenoxy) is 1. The third-order valence-corrected chi connectivity index (χ3v) is 4.31. The van der Waals surface area contributed by atoms with Gasteiger partial charge in [-0.1, -0.05) is 12.1 Å². The first-order valence-corrected chi connectivity index (χ1v) is 7.90. The minimum absolute atomic E-state index is 0.0650. The number of benzene rings is 1. The largest absolute Gasteiger partial charge is 0.478 e. The zero-order valence-corrected chi connectivity index (χ0v) is 13.7. The molecule has 1 fully saturated rings. The average molecular weight is 357 g/mol. The van der Waals surface area contributed by atoms with Gasteiger partial charge in [0.2, 0.25) is 11.5 Å². The van der Waals surface area contributed by atoms with Crippen LogP contribution in [0.15, 0.2) is 30.5 Å². The van der Waals surface area contributed by atoms with E-state index in [1.165, 1.54) is 24.4 Å². The van der Waals surface area contributed by atoms with Gasteiger partial charge in [-0.2, -0.15) is 10.2 Å². The maximum absolute atomic E-state index is 13.8. The van der Waals surface area contributed by atoms with Crippen molar-refractivity contribution in [3.63, 3.8) is 0 Å². The van der Waals surface area contributed by atoms with Crippen molar-refractivity contribution in [2.75, 3.05) is 23.7 Å². The second kappa shape index (κ2) is 6.84. The number of hydrogen-bond acceptors (Lipinski definition) is 7. The van der Waals surface area contributed by atoms with Crippen molar-refractivity contribution in [1.29, 1.82) is 5.26 Å². The molecular weight excluding hydrogens is 341 g/mol. The summed E-state index contributed by atoms with van der Waals surface area (Å²) in [5.74, 6) is -1.48. The Bertz CT molecular complexity index is 875. The minimum atomic E-state index is -1.53. The van der Waals surface area contributed by atoms with Gasteiger partial charge in [-0.15, -0.1) is 0 Å². The van der Waals surface area contributed by atoms with Crippen molar-refractivity contribution in [3.05, 3.63) is 41.8 Å². The Morgan fingerprint density at radius 2 is 2.08 bits per heavy atom. The number of rotatable bonds is 4. The summed E-state index contributed by atoms with van der Waals surface area (Å²) in [7, 11) is 0. The number of carboxylic acid groups (broad SMARTS) is 1. The van der Waals surface area contributed by atoms with Crippen molar-refractivity contribution >= 4 is 17.7 Å². The molecule has 0 unspecified atom stereocenters. The van der Waals surface area contributed by atoms with Crippen LogP contribution in [0.1, 0.15) is 18.4 Å². The lowest BCUT2D eigenvalue weighted by atomic mass is 9.91. The average Bonchev–Trinajstić information content (AvgIpc) is 2.64. The summed E-state index contributed by atoms with van der Waals surface area (Å²) in [6.07, 6.45) is 1.55. The van der Waals surface area contributed by atoms with E-state index in [2.05, 4.69) is 9.97 Å². The van der Waals surface area contributed by atoms with Crippen molar-refractivity contribution in [2.24, 2.45) is 0 Å². The number of anilines is 2. The lowest BCUT2D eigenvalue weighted by Crippen LogP contribution is -2.53. The number of para-hydroxylation sites is 1. The Balaban J connectivity index is 1.78. The fraction of sp³-hybridized carbons (Fsp3) is 0.294. The number of aliphatic carboxylic acids is 1. The highest BCUT2D eigenvalue weighted by molar-refractivity contribution is 5.78. The number of carboxylic acids is 1. The Kier molecular flexibility index (Phi) is 4.58. The summed E-state index contributed by atoms with van der Waals surface area (Å²) in [6.45, 7) is 0.568. The predicted molar refractivity (Wildman–Crippen MR) is 90.0 cm³/mol. The van der Waals surface area contributed by atoms with Gasteiger partial charge in [-0.25, -0.2) is 14.2 Å². The second-order valence-electron chi connectivity index (χ2n) is 5.90. The van der Waals surface area contributed by atoms with Gasteiger partial charge < -0.3 is 20.5 Å². The third-order valence-electron chi connectivity index (χ3n) is 4.31. The molecule has 9 heteroatoms. The van der Waals surface area contributed by atoms with E-state index in [4.69, 9.17) is 15.7 Å². The zero-order chi connectivity index (χ0) is 18.7. The number of aromatic nitrogens is 2. The third kappa shape index (κ3) is 3.21. The van der Waals surface area contributed by atoms with Crippen molar-refractivity contribution in [3.8, 4) is 11.8 Å². The highest BCUT2D eigenvalue weighted by Crippen LogP contribution is 2.32. The molecule has 134 valence electrons. The number of nitriles is 1. The smallest absolute Gasteiger partial charge is 0.348 e. The molecule has 2 aromatic rings. The molecule has 3 N–H and O–H groups in total. The van der Waals surface area contributed by atoms with Crippen molar-refractivity contribution in [1.82, 2.24) is 9.97 Å². The second-order valence-corrected chi connectivity index (χ2v) is 5.90. The molecule has 3 rings (SSSR count). The summed E-state index contributed by atoms with van der Waals surface area (Å²) in [6, 6.07) is 7.58. The fourth-order valence-corrected chi connectivity index (χ4v) is 2.79. The zero-order valence-electron chi connectivity index (χ0n) is 13.7. The maximum atomic E-state index is 13.8. The van der Waals surface area contributed by atoms with Crippen LogP contribution in [-0.4, -0.2) is 39.7 Å². The molecule has 0 aliphatic carbocycles. The van der Waals surface area contributed by atoms with Gasteiger partial charge in [0.1, 0.15) is 17.5 Å². The Hall–Kier alpha value is -3.41. The number of carbonyl (C=O) groups is 1. The molecule has 1 saturated heterocycles. The summed E-state index contributed by atoms with van der Waals surface area (Å²) in [5, 5.41) is 18.5. The number of piperidine rings is 1. The quantitative estimate of drug-likeness (QED) is 0.844. The lowest BCUT2D eigenvalue weighted by molar-refractivity contribution is -0.157. The molecule has 1 aromatic heterocycles. The van der Waals surface area contributed by atoms with Crippen LogP contribution in [0.5, 0.6) is 5.75 Å². The van der Waals surface area contributed by atoms with Gasteiger partial charge in [0.15, 0.2) is 11.6 Å². The molecule has 1 aliphatic heterocycles. The highest BCUT2D eigenvalue weighted by atomic mass is 19.1. The van der Waals surface area contributed by atoms with Gasteiger partial charge in [0.05, 0.1) is 6.20 Å². The van der Waals surface area contributed by atoms with Crippen LogP contribution >= 0.6 is 0 Å². The topological polar surface area (TPSA) is 125 Å². The van der Waals surface area contributed by atoms with E-state index in [0.29, 0.717) is 5.95 Å². The number of nitrogens with zero attached hydrogens (tertiary/aromatic N) is 4. The first-order chi connectivity index (χ1) is 12.4. The standard InChI is InChI=1S/C17H16FN5O3/c18-12-3-1-2-4-13(12)26-17(15(24)25)5-7-23(8-6-17)16-21-10-11(9-19)14(20)22-16/h1-4,10H,5-8H2,(H,24,25)(H2,20,21,22). The Morgan fingerprint density at radius 3 is 2.65 bits per heavy atom. The van der Waals surface area contributed by atoms with E-state index in [1.807, 2.05) is 6.07 Å². The van der Waals surface area contributed by atoms with Crippen LogP contribution in [0.2, 0.25) is 0 Å². The number of hydrogen-bond donors (Lipinski definition) is 2. The van der Waals surface area contributed by atoms with Crippen LogP contribution in [0, 0.1) is 17.1 Å². The van der Waals surface area contributed by atoms with Gasteiger partial charge in [-0.3, -0.25) is 0 Å². The van der Waals surface area contributed by atoms with Crippen LogP contribution in [-0.2, 0) is 4.79 Å². The van der Waals surface area contributed by atoms with Crippen molar-refractivity contribution in [2.45, 2.75) is 18.4 Å². The van der Waals surface area contributed by atoms with Crippen LogP contribution in [0.4, 0.5) is 16.2 Å². The van der Waals surface area contributed by atoms with E-state index < -0.39 is 17.4 Å². The summed E-state index contributed by atoms with van der Waals surface area (Å²) in [4.78, 5) is 21.7. The Morgan fingerprint density at radius 1 is 1.38 bits per heavy atom. The molecule has 0 saturated carbocycles. The summed E-state index contributed by atoms with van der Waals surface area (Å²) >= 11 is 0. The van der Waals surface area contributed by atoms with Crippen LogP contribution in [0.25, 0.3) is 0 Å². The monoisotopic (exact) mass is 357 g/mol. The SMILES string of the molecule is N#Cc1cnc(N2CCC(Oc3ccccc3F)(C(=O)O)CC2)nc1N. The van der Waals surface area contributed by atoms with Crippen LogP contribution < -0.4 is 15.4 Å². The lowest BCUT2D eigenvalue weighted by Gasteiger charge is -2.38. The predicted octanol–water partition coefficient (Wildman–Crippen LogP) is 1.57. The van der Waals surface area contributed by atoms with E-state index in [9.17, 15) is 14.3 Å². The molecule has 8 nitrogen and oxygen atoms in total. The highest BCUT2D eigenvalue weighted by Gasteiger charge is 2.45. The first kappa shape index (κ1) is 17.4. The van der Waals surface area contributed by atoms with E-state index in [-0.39, 0.29) is 43.1 Å². The van der Waals surface area contributed by atoms with Gasteiger partial charge >= 0.3 is 5.97 Å². The molecule has 26 heavy (non-hydrogen) atoms. The molecule has 0 radical (unpaired) electrons. The molecule has 2 heterocycles. The molecule has 0 spiro atoms. The van der Waals surface area contributed by atoms with Crippen LogP contribution in [0.3, 0.4) is 0 Å². The van der Waals surface area contributed by atoms with E-state index >= 15 is 0 Å². The normalized spacial score (nSPS) is 15.9. The summed E-state index contributed by atoms with van der Waals surface area (Å²) < 4.78 is 19.4. The van der Waals surface area contributed by atoms with Gasteiger partial charge in [-0.05, 0) is 12.1 Å². The fourth-order valence-electron chi connectivity index (χ4n) is 2.79. The van der Waals surface area contributed by atoms with Gasteiger partial charge in [0.25, 0.3) is 0 Å². The van der Waals surface area contributed by atoms with Crippen molar-refractivity contribution < 1.29 is 19.0 Å². The Labute approximate surface area is 148 Å². The number of halogens is 1. The van der Waals surface area contributed by atoms with E-state index in [0.717, 1.165) is 0 Å². The number of nitrogen functional groups attached to an aromatic ring is 1. The molecule has 1 aliphatic rings. The minimum Gasteiger partial charge on any atom is -0.478 e. The molecule has 1 aromatic carbocycles. The molecule has 0 amide bonds. The molecular formula is C17H16FN5O3. The molecule has 0 atom stereocenters. The van der Waals surface area contributed by atoms with E-state index in [1.54, 1.807) is 11.0 Å². The first-order valence-electron chi connectivity index (χ1n) is 7.90.